The van der Waals surface area contributed by atoms with E-state index in [1.165, 1.54) is 6.20 Å². The fourth-order valence-electron chi connectivity index (χ4n) is 4.71. The number of carbonyl (C=O) groups excluding carboxylic acids is 1. The number of hydrogen-bond acceptors (Lipinski definition) is 9. The minimum Gasteiger partial charge on any atom is -0.493 e. The van der Waals surface area contributed by atoms with E-state index in [9.17, 15) is 9.59 Å². The highest BCUT2D eigenvalue weighted by atomic mass is 16.5. The summed E-state index contributed by atoms with van der Waals surface area (Å²) in [5, 5.41) is 0.365. The normalized spacial score (nSPS) is 10.6. The maximum atomic E-state index is 13.3. The first kappa shape index (κ1) is 28.7. The predicted molar refractivity (Wildman–Crippen MR) is 165 cm³/mol. The lowest BCUT2D eigenvalue weighted by molar-refractivity contribution is 0.0524. The zero-order valence-electron chi connectivity index (χ0n) is 23.9. The second-order valence-electron chi connectivity index (χ2n) is 9.47. The summed E-state index contributed by atoms with van der Waals surface area (Å²) in [6.45, 7) is 1.86. The van der Waals surface area contributed by atoms with E-state index in [4.69, 9.17) is 25.7 Å². The minimum atomic E-state index is -0.670. The van der Waals surface area contributed by atoms with Crippen molar-refractivity contribution in [3.63, 3.8) is 0 Å². The maximum Gasteiger partial charge on any atom is 0.343 e. The van der Waals surface area contributed by atoms with Gasteiger partial charge in [0.15, 0.2) is 11.5 Å². The maximum absolute atomic E-state index is 13.3. The largest absolute Gasteiger partial charge is 0.493 e. The number of pyridine rings is 1. The Balaban J connectivity index is 1.62. The molecule has 10 nitrogen and oxygen atoms in total. The van der Waals surface area contributed by atoms with E-state index in [1.807, 2.05) is 48.5 Å². The molecule has 5 aromatic rings. The Morgan fingerprint density at radius 3 is 2.49 bits per heavy atom. The Kier molecular flexibility index (Phi) is 8.25. The number of aromatic nitrogens is 3. The number of fused-ring (bicyclic) bond motifs is 1. The van der Waals surface area contributed by atoms with Gasteiger partial charge in [-0.2, -0.15) is 4.98 Å². The van der Waals surface area contributed by atoms with Crippen LogP contribution in [0.1, 0.15) is 39.5 Å². The molecule has 0 amide bonds. The second-order valence-corrected chi connectivity index (χ2v) is 9.47. The average Bonchev–Trinajstić information content (AvgIpc) is 3.01. The third-order valence-corrected chi connectivity index (χ3v) is 6.73. The number of methoxy groups -OCH3 is 2. The molecule has 10 heteroatoms. The smallest absolute Gasteiger partial charge is 0.343 e. The third kappa shape index (κ3) is 5.96. The number of ether oxygens (including phenoxy) is 3. The number of anilines is 2. The lowest BCUT2D eigenvalue weighted by Crippen LogP contribution is -2.20. The highest BCUT2D eigenvalue weighted by Gasteiger charge is 2.18. The van der Waals surface area contributed by atoms with Gasteiger partial charge in [0.05, 0.1) is 31.9 Å². The van der Waals surface area contributed by atoms with Crippen molar-refractivity contribution < 1.29 is 19.0 Å². The number of rotatable bonds is 7. The van der Waals surface area contributed by atoms with Crippen LogP contribution in [0, 0.1) is 11.8 Å². The van der Waals surface area contributed by atoms with Crippen LogP contribution >= 0.6 is 0 Å². The molecule has 2 aromatic heterocycles. The Morgan fingerprint density at radius 1 is 1.00 bits per heavy atom. The molecule has 0 saturated heterocycles. The SMILES string of the molecule is CCOC(=O)c1cn(-c2ccccc2)c2cc(C#Cc3cc(Cc4cnc(N)nc4N)cc(OC)c3OC)ccc2c1=O. The number of hydrogen-bond donors (Lipinski definition) is 2. The minimum absolute atomic E-state index is 0.0437. The van der Waals surface area contributed by atoms with E-state index in [0.29, 0.717) is 51.3 Å². The molecule has 43 heavy (non-hydrogen) atoms. The van der Waals surface area contributed by atoms with Gasteiger partial charge in [-0.3, -0.25) is 4.79 Å². The molecule has 0 aliphatic rings. The summed E-state index contributed by atoms with van der Waals surface area (Å²) < 4.78 is 18.2. The second kappa shape index (κ2) is 12.4. The summed E-state index contributed by atoms with van der Waals surface area (Å²) in [5.74, 6) is 7.08. The summed E-state index contributed by atoms with van der Waals surface area (Å²) in [6.07, 6.45) is 3.52. The van der Waals surface area contributed by atoms with Crippen molar-refractivity contribution >= 4 is 28.6 Å². The number of para-hydroxylation sites is 1. The van der Waals surface area contributed by atoms with Crippen LogP contribution in [0.5, 0.6) is 11.5 Å². The fraction of sp³-hybridized carbons (Fsp3) is 0.152. The Morgan fingerprint density at radius 2 is 1.79 bits per heavy atom. The Bertz CT molecular complexity index is 1960. The first-order chi connectivity index (χ1) is 20.8. The van der Waals surface area contributed by atoms with Crippen LogP contribution in [-0.4, -0.2) is 41.3 Å². The van der Waals surface area contributed by atoms with E-state index in [0.717, 1.165) is 11.3 Å². The lowest BCUT2D eigenvalue weighted by atomic mass is 10.0. The summed E-state index contributed by atoms with van der Waals surface area (Å²) >= 11 is 0. The Hall–Kier alpha value is -5.82. The summed E-state index contributed by atoms with van der Waals surface area (Å²) in [7, 11) is 3.10. The van der Waals surface area contributed by atoms with E-state index in [1.54, 1.807) is 44.0 Å². The van der Waals surface area contributed by atoms with Gasteiger partial charge in [-0.25, -0.2) is 9.78 Å². The summed E-state index contributed by atoms with van der Waals surface area (Å²) in [6, 6.07) is 18.4. The van der Waals surface area contributed by atoms with Crippen molar-refractivity contribution in [2.24, 2.45) is 0 Å². The first-order valence-corrected chi connectivity index (χ1v) is 13.4. The molecule has 0 spiro atoms. The average molecular weight is 576 g/mol. The molecule has 0 saturated carbocycles. The fourth-order valence-corrected chi connectivity index (χ4v) is 4.71. The first-order valence-electron chi connectivity index (χ1n) is 13.4. The van der Waals surface area contributed by atoms with Gasteiger partial charge in [0.1, 0.15) is 11.4 Å². The zero-order chi connectivity index (χ0) is 30.5. The standard InChI is InChI=1S/C33H29N5O5/c1-4-43-32(40)26-19-38(24-8-6-5-7-9-24)27-16-20(11-13-25(27)29(26)39)10-12-22-14-21(17-28(41-2)30(22)42-3)15-23-18-36-33(35)37-31(23)34/h5-9,11,13-14,16-19H,4,15H2,1-3H3,(H4,34,35,36,37). The molecule has 0 fully saturated rings. The highest BCUT2D eigenvalue weighted by Crippen LogP contribution is 2.33. The topological polar surface area (TPSA) is 145 Å². The van der Waals surface area contributed by atoms with Gasteiger partial charge in [0.25, 0.3) is 0 Å². The van der Waals surface area contributed by atoms with Gasteiger partial charge in [0, 0.05) is 41.0 Å². The van der Waals surface area contributed by atoms with Crippen LogP contribution < -0.4 is 26.4 Å². The van der Waals surface area contributed by atoms with Crippen molar-refractivity contribution in [1.29, 1.82) is 0 Å². The van der Waals surface area contributed by atoms with Crippen LogP contribution in [0.15, 0.2) is 77.9 Å². The third-order valence-electron chi connectivity index (χ3n) is 6.73. The van der Waals surface area contributed by atoms with Gasteiger partial charge in [-0.1, -0.05) is 30.0 Å². The van der Waals surface area contributed by atoms with E-state index in [2.05, 4.69) is 21.8 Å². The molecule has 0 unspecified atom stereocenters. The Labute approximate surface area is 247 Å². The molecule has 0 aliphatic carbocycles. The molecule has 216 valence electrons. The number of nitrogens with zero attached hydrogens (tertiary/aromatic N) is 3. The molecule has 0 aliphatic heterocycles. The monoisotopic (exact) mass is 575 g/mol. The lowest BCUT2D eigenvalue weighted by Gasteiger charge is -2.14. The number of nitrogens with two attached hydrogens (primary N) is 2. The molecule has 2 heterocycles. The van der Waals surface area contributed by atoms with Crippen molar-refractivity contribution in [2.45, 2.75) is 13.3 Å². The molecular formula is C33H29N5O5. The van der Waals surface area contributed by atoms with Gasteiger partial charge >= 0.3 is 5.97 Å². The van der Waals surface area contributed by atoms with Gasteiger partial charge in [-0.15, -0.1) is 0 Å². The summed E-state index contributed by atoms with van der Waals surface area (Å²) in [5.41, 5.74) is 15.4. The number of carbonyl (C=O) groups is 1. The quantitative estimate of drug-likeness (QED) is 0.216. The summed E-state index contributed by atoms with van der Waals surface area (Å²) in [4.78, 5) is 34.0. The van der Waals surface area contributed by atoms with Crippen molar-refractivity contribution in [1.82, 2.24) is 14.5 Å². The van der Waals surface area contributed by atoms with Crippen molar-refractivity contribution in [2.75, 3.05) is 32.3 Å². The molecule has 0 bridgehead atoms. The molecule has 5 rings (SSSR count). The van der Waals surface area contributed by atoms with E-state index in [-0.39, 0.29) is 18.1 Å². The number of esters is 1. The van der Waals surface area contributed by atoms with Gasteiger partial charge in [-0.05, 0) is 55.0 Å². The van der Waals surface area contributed by atoms with Gasteiger partial charge in [0.2, 0.25) is 11.4 Å². The number of benzene rings is 3. The van der Waals surface area contributed by atoms with Crippen LogP contribution in [-0.2, 0) is 11.2 Å². The van der Waals surface area contributed by atoms with Gasteiger partial charge < -0.3 is 30.2 Å². The molecule has 4 N–H and O–H groups in total. The number of nitrogen functional groups attached to an aromatic ring is 2. The predicted octanol–water partition coefficient (Wildman–Crippen LogP) is 4.13. The molecule has 0 atom stereocenters. The molecule has 0 radical (unpaired) electrons. The van der Waals surface area contributed by atoms with Crippen LogP contribution in [0.4, 0.5) is 11.8 Å². The zero-order valence-corrected chi connectivity index (χ0v) is 23.9. The van der Waals surface area contributed by atoms with Crippen LogP contribution in [0.2, 0.25) is 0 Å². The molecular weight excluding hydrogens is 546 g/mol. The van der Waals surface area contributed by atoms with Crippen molar-refractivity contribution in [3.05, 3.63) is 111 Å². The van der Waals surface area contributed by atoms with E-state index < -0.39 is 11.4 Å². The van der Waals surface area contributed by atoms with Crippen LogP contribution in [0.25, 0.3) is 16.6 Å². The molecule has 3 aromatic carbocycles. The highest BCUT2D eigenvalue weighted by molar-refractivity contribution is 5.94. The van der Waals surface area contributed by atoms with Crippen molar-refractivity contribution in [3.8, 4) is 29.0 Å². The van der Waals surface area contributed by atoms with Crippen LogP contribution in [0.3, 0.4) is 0 Å². The van der Waals surface area contributed by atoms with E-state index >= 15 is 0 Å².